The minimum absolute atomic E-state index is 0. The molecule has 4 aromatic carbocycles. The third-order valence-corrected chi connectivity index (χ3v) is 9.55. The van der Waals surface area contributed by atoms with Crippen LogP contribution >= 0.6 is 0 Å². The Morgan fingerprint density at radius 3 is 0.717 bits per heavy atom. The van der Waals surface area contributed by atoms with Crippen molar-refractivity contribution < 1.29 is 17.1 Å². The summed E-state index contributed by atoms with van der Waals surface area (Å²) in [5.41, 5.74) is 41.9. The predicted molar refractivity (Wildman–Crippen MR) is 218 cm³/mol. The van der Waals surface area contributed by atoms with Gasteiger partial charge >= 0.3 is 17.1 Å². The van der Waals surface area contributed by atoms with Crippen LogP contribution in [0.1, 0.15) is 22.8 Å². The van der Waals surface area contributed by atoms with Crippen LogP contribution in [0.4, 0.5) is 22.7 Å². The Labute approximate surface area is 316 Å². The van der Waals surface area contributed by atoms with Crippen molar-refractivity contribution in [3.8, 4) is 44.5 Å². The number of aromatic amines is 2. The van der Waals surface area contributed by atoms with E-state index in [1.807, 2.05) is 97.1 Å². The summed E-state index contributed by atoms with van der Waals surface area (Å²) in [7, 11) is 0. The molecule has 2 aliphatic rings. The molecule has 0 fully saturated rings. The molecule has 2 aliphatic heterocycles. The largest absolute Gasteiger partial charge is 2.00 e. The van der Waals surface area contributed by atoms with Crippen molar-refractivity contribution in [2.24, 2.45) is 0 Å². The number of aromatic nitrogens is 4. The van der Waals surface area contributed by atoms with E-state index in [-0.39, 0.29) is 17.1 Å². The second-order valence-corrected chi connectivity index (χ2v) is 13.0. The van der Waals surface area contributed by atoms with Gasteiger partial charge in [0.2, 0.25) is 0 Å². The van der Waals surface area contributed by atoms with E-state index in [4.69, 9.17) is 32.9 Å². The van der Waals surface area contributed by atoms with Gasteiger partial charge in [-0.25, -0.2) is 9.97 Å². The Hall–Kier alpha value is -6.80. The first-order chi connectivity index (χ1) is 25.4. The zero-order valence-corrected chi connectivity index (χ0v) is 29.6. The van der Waals surface area contributed by atoms with E-state index < -0.39 is 0 Å². The maximum Gasteiger partial charge on any atom is 2.00 e. The maximum atomic E-state index is 6.15. The topological polar surface area (TPSA) is 161 Å². The summed E-state index contributed by atoms with van der Waals surface area (Å²) in [5, 5.41) is 0. The van der Waals surface area contributed by atoms with Gasteiger partial charge in [0, 0.05) is 67.1 Å². The van der Waals surface area contributed by atoms with Crippen molar-refractivity contribution in [3.05, 3.63) is 144 Å². The van der Waals surface area contributed by atoms with Gasteiger partial charge in [-0.3, -0.25) is 0 Å². The Bertz CT molecular complexity index is 2370. The molecule has 255 valence electrons. The summed E-state index contributed by atoms with van der Waals surface area (Å²) < 4.78 is 0. The number of benzene rings is 4. The van der Waals surface area contributed by atoms with Gasteiger partial charge in [-0.05, 0) is 119 Å². The standard InChI is InChI=1S/C44H34N8.Mn/c45-29-9-1-25(2-10-29)41-33-17-19-35(49-33)42(26-3-11-30(46)12-4-26)37-21-23-39(51-37)44(28-7-15-32(48)16-8-28)40-24-22-38(52-40)43(36-20-18-34(41)50-36)27-5-13-31(47)14-6-27;/h1-24,49,52H,45-48H2;/q;+2. The summed E-state index contributed by atoms with van der Waals surface area (Å²) >= 11 is 0. The molecule has 10 N–H and O–H groups in total. The van der Waals surface area contributed by atoms with Crippen LogP contribution in [0.5, 0.6) is 0 Å². The second kappa shape index (κ2) is 13.4. The molecule has 3 aromatic heterocycles. The Balaban J connectivity index is 0.00000400. The molecular formula is C44H34MnN8+2. The van der Waals surface area contributed by atoms with Crippen LogP contribution in [0.3, 0.4) is 0 Å². The minimum atomic E-state index is 0. The van der Waals surface area contributed by atoms with Crippen LogP contribution < -0.4 is 22.9 Å². The fourth-order valence-electron chi connectivity index (χ4n) is 7.02. The van der Waals surface area contributed by atoms with Gasteiger partial charge in [0.05, 0.1) is 22.8 Å². The Kier molecular flexibility index (Phi) is 8.43. The first kappa shape index (κ1) is 33.3. The molecule has 8 nitrogen and oxygen atoms in total. The van der Waals surface area contributed by atoms with Crippen molar-refractivity contribution in [1.82, 2.24) is 19.9 Å². The van der Waals surface area contributed by atoms with Gasteiger partial charge < -0.3 is 32.9 Å². The van der Waals surface area contributed by atoms with Crippen LogP contribution in [-0.4, -0.2) is 19.9 Å². The van der Waals surface area contributed by atoms with Gasteiger partial charge in [0.25, 0.3) is 0 Å². The third-order valence-electron chi connectivity index (χ3n) is 9.55. The first-order valence-electron chi connectivity index (χ1n) is 17.0. The molecule has 7 aromatic rings. The maximum absolute atomic E-state index is 6.15. The molecule has 5 heterocycles. The Morgan fingerprint density at radius 2 is 0.509 bits per heavy atom. The number of nitrogens with two attached hydrogens (primary N) is 4. The minimum Gasteiger partial charge on any atom is -0.399 e. The average Bonchev–Trinajstić information content (AvgIpc) is 3.99. The number of H-pyrrole nitrogens is 2. The summed E-state index contributed by atoms with van der Waals surface area (Å²) in [6.07, 6.45) is 8.29. The molecule has 0 aliphatic carbocycles. The summed E-state index contributed by atoms with van der Waals surface area (Å²) in [4.78, 5) is 18.2. The zero-order valence-electron chi connectivity index (χ0n) is 28.4. The fourth-order valence-corrected chi connectivity index (χ4v) is 7.02. The molecule has 0 spiro atoms. The van der Waals surface area contributed by atoms with Gasteiger partial charge in [-0.15, -0.1) is 0 Å². The monoisotopic (exact) mass is 729 g/mol. The molecule has 0 saturated heterocycles. The number of fused-ring (bicyclic) bond motifs is 8. The van der Waals surface area contributed by atoms with E-state index in [2.05, 4.69) is 58.5 Å². The number of hydrogen-bond donors (Lipinski definition) is 6. The van der Waals surface area contributed by atoms with Crippen LogP contribution in [-0.2, 0) is 17.1 Å². The van der Waals surface area contributed by atoms with Gasteiger partial charge in [-0.2, -0.15) is 0 Å². The van der Waals surface area contributed by atoms with Crippen molar-refractivity contribution in [2.45, 2.75) is 0 Å². The molecule has 8 bridgehead atoms. The number of nitrogens with zero attached hydrogens (tertiary/aromatic N) is 2. The number of rotatable bonds is 4. The number of hydrogen-bond acceptors (Lipinski definition) is 6. The van der Waals surface area contributed by atoms with Crippen LogP contribution in [0.2, 0.25) is 0 Å². The molecule has 0 amide bonds. The molecule has 0 atom stereocenters. The fraction of sp³-hybridized carbons (Fsp3) is 0. The van der Waals surface area contributed by atoms with Crippen molar-refractivity contribution in [3.63, 3.8) is 0 Å². The second-order valence-electron chi connectivity index (χ2n) is 13.0. The van der Waals surface area contributed by atoms with Crippen LogP contribution in [0.25, 0.3) is 90.9 Å². The molecule has 9 rings (SSSR count). The zero-order chi connectivity index (χ0) is 35.3. The molecule has 0 unspecified atom stereocenters. The number of anilines is 4. The quantitative estimate of drug-likeness (QED) is 0.0781. The van der Waals surface area contributed by atoms with Crippen LogP contribution in [0.15, 0.2) is 121 Å². The van der Waals surface area contributed by atoms with Gasteiger partial charge in [0.15, 0.2) is 0 Å². The van der Waals surface area contributed by atoms with Crippen molar-refractivity contribution >= 4 is 69.1 Å². The van der Waals surface area contributed by atoms with E-state index in [0.29, 0.717) is 22.7 Å². The van der Waals surface area contributed by atoms with E-state index in [1.54, 1.807) is 0 Å². The van der Waals surface area contributed by atoms with Gasteiger partial charge in [0.1, 0.15) is 0 Å². The normalized spacial score (nSPS) is 11.8. The summed E-state index contributed by atoms with van der Waals surface area (Å²) in [6, 6.07) is 40.0. The van der Waals surface area contributed by atoms with Crippen LogP contribution in [0, 0.1) is 0 Å². The Morgan fingerprint density at radius 1 is 0.302 bits per heavy atom. The summed E-state index contributed by atoms with van der Waals surface area (Å²) in [6.45, 7) is 0. The van der Waals surface area contributed by atoms with Gasteiger partial charge in [-0.1, -0.05) is 48.5 Å². The summed E-state index contributed by atoms with van der Waals surface area (Å²) in [5.74, 6) is 0. The van der Waals surface area contributed by atoms with Crippen molar-refractivity contribution in [2.75, 3.05) is 22.9 Å². The van der Waals surface area contributed by atoms with Crippen molar-refractivity contribution in [1.29, 1.82) is 0 Å². The number of nitrogen functional groups attached to an aromatic ring is 4. The molecule has 1 radical (unpaired) electrons. The SMILES string of the molecule is Nc1ccc(-c2c3nc(c(-c4ccc(N)cc4)c4ccc([nH]4)c(-c4ccc(N)cc4)c4nc(c(-c5ccc(N)cc5)c5ccc2[nH]5)C=C4)C=C3)cc1.[Mn+2]. The molecule has 53 heavy (non-hydrogen) atoms. The number of nitrogens with one attached hydrogen (secondary N) is 2. The molecule has 9 heteroatoms. The first-order valence-corrected chi connectivity index (χ1v) is 17.0. The van der Waals surface area contributed by atoms with E-state index >= 15 is 0 Å². The average molecular weight is 730 g/mol. The predicted octanol–water partition coefficient (Wildman–Crippen LogP) is 9.65. The third kappa shape index (κ3) is 6.14. The van der Waals surface area contributed by atoms with E-state index in [1.165, 1.54) is 0 Å². The van der Waals surface area contributed by atoms with E-state index in [0.717, 1.165) is 89.4 Å². The van der Waals surface area contributed by atoms with E-state index in [9.17, 15) is 0 Å². The smallest absolute Gasteiger partial charge is 0.399 e. The molecular weight excluding hydrogens is 695 g/mol. The molecule has 0 saturated carbocycles.